The fourth-order valence-corrected chi connectivity index (χ4v) is 4.49. The molecule has 1 N–H and O–H groups in total. The molecule has 0 bridgehead atoms. The molecular formula is C26H21ClN2O5S2. The van der Waals surface area contributed by atoms with Crippen LogP contribution in [0.25, 0.3) is 17.4 Å². The number of carbonyl (C=O) groups is 3. The molecule has 0 radical (unpaired) electrons. The van der Waals surface area contributed by atoms with Crippen molar-refractivity contribution in [3.8, 4) is 11.3 Å². The first kappa shape index (κ1) is 25.7. The zero-order chi connectivity index (χ0) is 25.7. The molecule has 7 nitrogen and oxygen atoms in total. The van der Waals surface area contributed by atoms with Crippen LogP contribution >= 0.6 is 35.6 Å². The summed E-state index contributed by atoms with van der Waals surface area (Å²) in [5, 5.41) is 1.53. The van der Waals surface area contributed by atoms with Crippen LogP contribution in [0.15, 0.2) is 70.0 Å². The highest BCUT2D eigenvalue weighted by Gasteiger charge is 2.34. The number of carbonyl (C=O) groups excluding carboxylic acids is 3. The van der Waals surface area contributed by atoms with Crippen molar-refractivity contribution in [1.29, 1.82) is 0 Å². The molecule has 2 aromatic carbocycles. The van der Waals surface area contributed by atoms with Crippen molar-refractivity contribution < 1.29 is 23.5 Å². The van der Waals surface area contributed by atoms with E-state index in [1.165, 1.54) is 0 Å². The molecule has 1 aliphatic heterocycles. The fourth-order valence-electron chi connectivity index (χ4n) is 3.21. The second-order valence-electron chi connectivity index (χ2n) is 7.73. The van der Waals surface area contributed by atoms with Gasteiger partial charge in [-0.2, -0.15) is 5.01 Å². The standard InChI is InChI=1S/C26H21ClN2O5S2/c1-2-3-14-33-25(32)18-6-4-16(5-7-18)21-13-12-20(34-21)15-22-24(31)29(26(35)36-22)28-23(30)17-8-10-19(27)11-9-17/h4-13,15H,2-3,14H2,1H3,(H,28,30)/b22-15+. The highest BCUT2D eigenvalue weighted by Crippen LogP contribution is 2.33. The van der Waals surface area contributed by atoms with Crippen LogP contribution in [-0.2, 0) is 9.53 Å². The maximum Gasteiger partial charge on any atom is 0.338 e. The van der Waals surface area contributed by atoms with Gasteiger partial charge < -0.3 is 9.15 Å². The zero-order valence-corrected chi connectivity index (χ0v) is 21.5. The number of nitrogens with zero attached hydrogens (tertiary/aromatic N) is 1. The summed E-state index contributed by atoms with van der Waals surface area (Å²) in [6.45, 7) is 2.43. The molecule has 3 aromatic rings. The van der Waals surface area contributed by atoms with Gasteiger partial charge in [0.2, 0.25) is 0 Å². The molecule has 36 heavy (non-hydrogen) atoms. The summed E-state index contributed by atoms with van der Waals surface area (Å²) in [5.41, 5.74) is 4.09. The average Bonchev–Trinajstić information content (AvgIpc) is 3.45. The third kappa shape index (κ3) is 6.04. The monoisotopic (exact) mass is 540 g/mol. The molecule has 10 heteroatoms. The molecule has 0 spiro atoms. The molecule has 1 saturated heterocycles. The number of benzene rings is 2. The molecule has 1 aliphatic rings. The van der Waals surface area contributed by atoms with Crippen LogP contribution in [0.4, 0.5) is 0 Å². The van der Waals surface area contributed by atoms with Crippen molar-refractivity contribution >= 4 is 63.8 Å². The van der Waals surface area contributed by atoms with E-state index in [1.54, 1.807) is 66.7 Å². The zero-order valence-electron chi connectivity index (χ0n) is 19.2. The summed E-state index contributed by atoms with van der Waals surface area (Å²) in [6, 6.07) is 16.7. The van der Waals surface area contributed by atoms with Crippen LogP contribution < -0.4 is 5.43 Å². The maximum absolute atomic E-state index is 12.8. The Morgan fingerprint density at radius 3 is 2.47 bits per heavy atom. The molecule has 1 fully saturated rings. The molecular weight excluding hydrogens is 520 g/mol. The van der Waals surface area contributed by atoms with E-state index in [9.17, 15) is 14.4 Å². The first-order valence-electron chi connectivity index (χ1n) is 11.1. The van der Waals surface area contributed by atoms with Crippen molar-refractivity contribution in [2.75, 3.05) is 6.61 Å². The van der Waals surface area contributed by atoms with E-state index >= 15 is 0 Å². The summed E-state index contributed by atoms with van der Waals surface area (Å²) >= 11 is 12.2. The predicted molar refractivity (Wildman–Crippen MR) is 143 cm³/mol. The Morgan fingerprint density at radius 2 is 1.78 bits per heavy atom. The van der Waals surface area contributed by atoms with Gasteiger partial charge in [-0.05, 0) is 67.2 Å². The number of hydrogen-bond acceptors (Lipinski definition) is 7. The van der Waals surface area contributed by atoms with E-state index in [-0.39, 0.29) is 10.3 Å². The van der Waals surface area contributed by atoms with Crippen LogP contribution in [0.2, 0.25) is 5.02 Å². The minimum absolute atomic E-state index is 0.196. The molecule has 2 amide bonds. The molecule has 184 valence electrons. The molecule has 0 atom stereocenters. The van der Waals surface area contributed by atoms with Crippen LogP contribution in [0, 0.1) is 0 Å². The first-order chi connectivity index (χ1) is 17.4. The number of furan rings is 1. The molecule has 4 rings (SSSR count). The number of halogens is 1. The Kier molecular flexibility index (Phi) is 8.25. The first-order valence-corrected chi connectivity index (χ1v) is 12.7. The number of unbranched alkanes of at least 4 members (excludes halogenated alkanes) is 1. The lowest BCUT2D eigenvalue weighted by Gasteiger charge is -2.15. The van der Waals surface area contributed by atoms with E-state index in [2.05, 4.69) is 5.43 Å². The van der Waals surface area contributed by atoms with Gasteiger partial charge in [0.1, 0.15) is 11.5 Å². The Balaban J connectivity index is 1.42. The summed E-state index contributed by atoms with van der Waals surface area (Å²) in [4.78, 5) is 37.7. The highest BCUT2D eigenvalue weighted by atomic mass is 35.5. The topological polar surface area (TPSA) is 88.9 Å². The lowest BCUT2D eigenvalue weighted by Crippen LogP contribution is -2.44. The number of thiocarbonyl (C=S) groups is 1. The van der Waals surface area contributed by atoms with Gasteiger partial charge in [-0.15, -0.1) is 0 Å². The number of thioether (sulfide) groups is 1. The van der Waals surface area contributed by atoms with Gasteiger partial charge in [0, 0.05) is 22.2 Å². The lowest BCUT2D eigenvalue weighted by atomic mass is 10.1. The van der Waals surface area contributed by atoms with Crippen molar-refractivity contribution in [1.82, 2.24) is 10.4 Å². The Hall–Kier alpha value is -3.40. The Bertz CT molecular complexity index is 1330. The third-order valence-corrected chi connectivity index (χ3v) is 6.70. The van der Waals surface area contributed by atoms with Crippen LogP contribution in [0.1, 0.15) is 46.2 Å². The minimum atomic E-state index is -0.484. The number of rotatable bonds is 8. The molecule has 1 aromatic heterocycles. The minimum Gasteiger partial charge on any atom is -0.462 e. The molecule has 2 heterocycles. The quantitative estimate of drug-likeness (QED) is 0.160. The number of esters is 1. The van der Waals surface area contributed by atoms with Gasteiger partial charge in [0.25, 0.3) is 11.8 Å². The van der Waals surface area contributed by atoms with Crippen LogP contribution in [-0.4, -0.2) is 33.7 Å². The van der Waals surface area contributed by atoms with Gasteiger partial charge in [0.05, 0.1) is 17.1 Å². The van der Waals surface area contributed by atoms with Crippen LogP contribution in [0.3, 0.4) is 0 Å². The van der Waals surface area contributed by atoms with E-state index in [0.29, 0.717) is 39.2 Å². The van der Waals surface area contributed by atoms with Gasteiger partial charge in [-0.1, -0.05) is 48.8 Å². The number of hydrogen-bond donors (Lipinski definition) is 1. The normalized spacial score (nSPS) is 14.4. The summed E-state index contributed by atoms with van der Waals surface area (Å²) in [5.74, 6) is -0.296. The smallest absolute Gasteiger partial charge is 0.338 e. The fraction of sp³-hybridized carbons (Fsp3) is 0.154. The van der Waals surface area contributed by atoms with Crippen LogP contribution in [0.5, 0.6) is 0 Å². The second kappa shape index (κ2) is 11.6. The number of nitrogens with one attached hydrogen (secondary N) is 1. The summed E-state index contributed by atoms with van der Waals surface area (Å²) < 4.78 is 11.3. The summed E-state index contributed by atoms with van der Waals surface area (Å²) in [6.07, 6.45) is 3.35. The van der Waals surface area contributed by atoms with Crippen molar-refractivity contribution in [2.24, 2.45) is 0 Å². The van der Waals surface area contributed by atoms with Crippen molar-refractivity contribution in [3.63, 3.8) is 0 Å². The Morgan fingerprint density at radius 1 is 1.08 bits per heavy atom. The van der Waals surface area contributed by atoms with Gasteiger partial charge in [-0.3, -0.25) is 15.0 Å². The molecule has 0 aliphatic carbocycles. The second-order valence-corrected chi connectivity index (χ2v) is 9.85. The van der Waals surface area contributed by atoms with Gasteiger partial charge in [-0.25, -0.2) is 4.79 Å². The summed E-state index contributed by atoms with van der Waals surface area (Å²) in [7, 11) is 0. The third-order valence-electron chi connectivity index (χ3n) is 5.15. The lowest BCUT2D eigenvalue weighted by molar-refractivity contribution is -0.123. The van der Waals surface area contributed by atoms with Crippen molar-refractivity contribution in [3.05, 3.63) is 87.5 Å². The number of hydrazine groups is 1. The predicted octanol–water partition coefficient (Wildman–Crippen LogP) is 6.10. The number of ether oxygens (including phenoxy) is 1. The maximum atomic E-state index is 12.8. The highest BCUT2D eigenvalue weighted by molar-refractivity contribution is 8.26. The van der Waals surface area contributed by atoms with Crippen molar-refractivity contribution in [2.45, 2.75) is 19.8 Å². The average molecular weight is 541 g/mol. The number of amides is 2. The van der Waals surface area contributed by atoms with Gasteiger partial charge in [0.15, 0.2) is 4.32 Å². The molecule has 0 saturated carbocycles. The van der Waals surface area contributed by atoms with E-state index in [0.717, 1.165) is 35.2 Å². The van der Waals surface area contributed by atoms with Gasteiger partial charge >= 0.3 is 5.97 Å². The van der Waals surface area contributed by atoms with E-state index < -0.39 is 11.8 Å². The Labute approximate surface area is 222 Å². The largest absolute Gasteiger partial charge is 0.462 e. The SMILES string of the molecule is CCCCOC(=O)c1ccc(-c2ccc(/C=C3/SC(=S)N(NC(=O)c4ccc(Cl)cc4)C3=O)o2)cc1. The molecule has 0 unspecified atom stereocenters. The van der Waals surface area contributed by atoms with E-state index in [4.69, 9.17) is 33.0 Å². The van der Waals surface area contributed by atoms with E-state index in [1.807, 2.05) is 6.92 Å².